The largest absolute Gasteiger partial charge is 0.354 e. The molecule has 2 aromatic rings. The number of fused-ring (bicyclic) bond motifs is 1. The van der Waals surface area contributed by atoms with Gasteiger partial charge in [0.1, 0.15) is 9.98 Å². The Morgan fingerprint density at radius 3 is 2.75 bits per heavy atom. The molecule has 110 valence electrons. The molecule has 0 saturated heterocycles. The van der Waals surface area contributed by atoms with E-state index < -0.39 is 0 Å². The van der Waals surface area contributed by atoms with Gasteiger partial charge in [-0.3, -0.25) is 0 Å². The van der Waals surface area contributed by atoms with Gasteiger partial charge in [0.2, 0.25) is 5.95 Å². The molecular formula is C14H21ClN4S. The van der Waals surface area contributed by atoms with Crippen molar-refractivity contribution < 1.29 is 0 Å². The lowest BCUT2D eigenvalue weighted by atomic mass is 10.2. The van der Waals surface area contributed by atoms with Crippen LogP contribution in [0.4, 0.5) is 5.95 Å². The third kappa shape index (κ3) is 3.81. The molecule has 0 aliphatic rings. The molecule has 2 aromatic heterocycles. The van der Waals surface area contributed by atoms with Crippen LogP contribution in [0.15, 0.2) is 6.07 Å². The van der Waals surface area contributed by atoms with E-state index in [1.807, 2.05) is 0 Å². The van der Waals surface area contributed by atoms with Crippen LogP contribution in [0.2, 0.25) is 5.15 Å². The van der Waals surface area contributed by atoms with Gasteiger partial charge in [-0.1, -0.05) is 25.4 Å². The molecule has 4 nitrogen and oxygen atoms in total. The van der Waals surface area contributed by atoms with Crippen LogP contribution in [0.3, 0.4) is 0 Å². The van der Waals surface area contributed by atoms with Crippen molar-refractivity contribution in [2.75, 3.05) is 32.5 Å². The summed E-state index contributed by atoms with van der Waals surface area (Å²) in [5, 5.41) is 4.74. The minimum atomic E-state index is 0.488. The molecule has 2 heterocycles. The van der Waals surface area contributed by atoms with E-state index in [9.17, 15) is 0 Å². The molecule has 0 saturated carbocycles. The van der Waals surface area contributed by atoms with Crippen molar-refractivity contribution in [3.8, 4) is 0 Å². The standard InChI is InChI=1S/C14H21ClN4S/c1-9(2)11-8-10-12(15)17-14(18-13(10)20-11)16-6-5-7-19(3)4/h8-9H,5-7H2,1-4H3,(H,16,17,18). The number of nitrogens with zero attached hydrogens (tertiary/aromatic N) is 3. The Morgan fingerprint density at radius 1 is 1.35 bits per heavy atom. The average Bonchev–Trinajstić information content (AvgIpc) is 2.79. The Bertz CT molecular complexity index is 580. The lowest BCUT2D eigenvalue weighted by Crippen LogP contribution is -2.17. The zero-order valence-corrected chi connectivity index (χ0v) is 14.0. The van der Waals surface area contributed by atoms with E-state index in [0.717, 1.165) is 29.7 Å². The number of rotatable bonds is 6. The normalized spacial score (nSPS) is 11.8. The van der Waals surface area contributed by atoms with Gasteiger partial charge in [0, 0.05) is 16.8 Å². The van der Waals surface area contributed by atoms with Crippen LogP contribution < -0.4 is 5.32 Å². The maximum absolute atomic E-state index is 6.25. The lowest BCUT2D eigenvalue weighted by Gasteiger charge is -2.09. The van der Waals surface area contributed by atoms with E-state index in [0.29, 0.717) is 17.0 Å². The molecule has 0 amide bonds. The number of nitrogens with one attached hydrogen (secondary N) is 1. The van der Waals surface area contributed by atoms with Crippen LogP contribution in [0.25, 0.3) is 10.2 Å². The summed E-state index contributed by atoms with van der Waals surface area (Å²) in [6, 6.07) is 2.10. The van der Waals surface area contributed by atoms with Crippen LogP contribution in [0.1, 0.15) is 31.1 Å². The van der Waals surface area contributed by atoms with Gasteiger partial charge in [-0.15, -0.1) is 11.3 Å². The molecule has 20 heavy (non-hydrogen) atoms. The fourth-order valence-corrected chi connectivity index (χ4v) is 3.18. The predicted octanol–water partition coefficient (Wildman–Crippen LogP) is 3.83. The van der Waals surface area contributed by atoms with Crippen LogP contribution >= 0.6 is 22.9 Å². The quantitative estimate of drug-likeness (QED) is 0.650. The molecule has 0 fully saturated rings. The van der Waals surface area contributed by atoms with Crippen molar-refractivity contribution in [2.24, 2.45) is 0 Å². The Hall–Kier alpha value is -0.910. The first-order valence-electron chi connectivity index (χ1n) is 6.83. The number of halogens is 1. The van der Waals surface area contributed by atoms with E-state index in [1.165, 1.54) is 4.88 Å². The molecule has 0 bridgehead atoms. The number of anilines is 1. The topological polar surface area (TPSA) is 41.1 Å². The molecular weight excluding hydrogens is 292 g/mol. The van der Waals surface area contributed by atoms with E-state index in [1.54, 1.807) is 11.3 Å². The summed E-state index contributed by atoms with van der Waals surface area (Å²) in [6.07, 6.45) is 1.05. The summed E-state index contributed by atoms with van der Waals surface area (Å²) in [7, 11) is 4.14. The van der Waals surface area contributed by atoms with E-state index >= 15 is 0 Å². The molecule has 0 aromatic carbocycles. The molecule has 2 rings (SSSR count). The molecule has 0 aliphatic heterocycles. The van der Waals surface area contributed by atoms with Gasteiger partial charge in [0.15, 0.2) is 0 Å². The van der Waals surface area contributed by atoms with Crippen molar-refractivity contribution >= 4 is 39.1 Å². The SMILES string of the molecule is CC(C)c1cc2c(Cl)nc(NCCCN(C)C)nc2s1. The van der Waals surface area contributed by atoms with Gasteiger partial charge in [-0.25, -0.2) is 9.97 Å². The summed E-state index contributed by atoms with van der Waals surface area (Å²) < 4.78 is 0. The second-order valence-electron chi connectivity index (χ2n) is 5.44. The summed E-state index contributed by atoms with van der Waals surface area (Å²) in [5.41, 5.74) is 0. The second-order valence-corrected chi connectivity index (χ2v) is 6.86. The van der Waals surface area contributed by atoms with E-state index in [-0.39, 0.29) is 0 Å². The zero-order valence-electron chi connectivity index (χ0n) is 12.4. The molecule has 6 heteroatoms. The molecule has 0 spiro atoms. The number of thiophene rings is 1. The highest BCUT2D eigenvalue weighted by molar-refractivity contribution is 7.18. The number of hydrogen-bond acceptors (Lipinski definition) is 5. The van der Waals surface area contributed by atoms with Gasteiger partial charge in [-0.2, -0.15) is 0 Å². The minimum Gasteiger partial charge on any atom is -0.354 e. The summed E-state index contributed by atoms with van der Waals surface area (Å²) in [6.45, 7) is 6.24. The van der Waals surface area contributed by atoms with Crippen LogP contribution in [-0.2, 0) is 0 Å². The third-order valence-corrected chi connectivity index (χ3v) is 4.62. The number of hydrogen-bond donors (Lipinski definition) is 1. The first-order valence-corrected chi connectivity index (χ1v) is 8.02. The van der Waals surface area contributed by atoms with Crippen molar-refractivity contribution in [3.63, 3.8) is 0 Å². The van der Waals surface area contributed by atoms with Crippen molar-refractivity contribution in [2.45, 2.75) is 26.2 Å². The Balaban J connectivity index is 2.11. The van der Waals surface area contributed by atoms with Gasteiger partial charge >= 0.3 is 0 Å². The van der Waals surface area contributed by atoms with Crippen molar-refractivity contribution in [1.82, 2.24) is 14.9 Å². The smallest absolute Gasteiger partial charge is 0.225 e. The Labute approximate surface area is 129 Å². The number of aromatic nitrogens is 2. The monoisotopic (exact) mass is 312 g/mol. The molecule has 0 aliphatic carbocycles. The maximum Gasteiger partial charge on any atom is 0.225 e. The summed E-state index contributed by atoms with van der Waals surface area (Å²) in [4.78, 5) is 13.3. The Kier molecular flexibility index (Phi) is 5.18. The van der Waals surface area contributed by atoms with E-state index in [2.05, 4.69) is 54.2 Å². The molecule has 1 N–H and O–H groups in total. The Morgan fingerprint density at radius 2 is 2.10 bits per heavy atom. The van der Waals surface area contributed by atoms with Crippen LogP contribution in [-0.4, -0.2) is 42.1 Å². The highest BCUT2D eigenvalue weighted by atomic mass is 35.5. The van der Waals surface area contributed by atoms with Crippen molar-refractivity contribution in [1.29, 1.82) is 0 Å². The fourth-order valence-electron chi connectivity index (χ4n) is 1.86. The van der Waals surface area contributed by atoms with Crippen molar-refractivity contribution in [3.05, 3.63) is 16.1 Å². The molecule has 0 atom stereocenters. The highest BCUT2D eigenvalue weighted by Gasteiger charge is 2.12. The molecule has 0 unspecified atom stereocenters. The first-order chi connectivity index (χ1) is 9.47. The predicted molar refractivity (Wildman–Crippen MR) is 88.2 cm³/mol. The second kappa shape index (κ2) is 6.70. The summed E-state index contributed by atoms with van der Waals surface area (Å²) in [5.74, 6) is 1.11. The van der Waals surface area contributed by atoms with E-state index in [4.69, 9.17) is 11.6 Å². The lowest BCUT2D eigenvalue weighted by molar-refractivity contribution is 0.405. The minimum absolute atomic E-state index is 0.488. The first kappa shape index (κ1) is 15.5. The van der Waals surface area contributed by atoms with Gasteiger partial charge in [0.25, 0.3) is 0 Å². The van der Waals surface area contributed by atoms with Crippen LogP contribution in [0.5, 0.6) is 0 Å². The fraction of sp³-hybridized carbons (Fsp3) is 0.571. The van der Waals surface area contributed by atoms with Gasteiger partial charge in [-0.05, 0) is 39.0 Å². The third-order valence-electron chi connectivity index (χ3n) is 3.00. The maximum atomic E-state index is 6.25. The zero-order chi connectivity index (χ0) is 14.7. The average molecular weight is 313 g/mol. The van der Waals surface area contributed by atoms with Gasteiger partial charge < -0.3 is 10.2 Å². The van der Waals surface area contributed by atoms with Gasteiger partial charge in [0.05, 0.1) is 0 Å². The summed E-state index contributed by atoms with van der Waals surface area (Å²) >= 11 is 7.94. The van der Waals surface area contributed by atoms with Crippen LogP contribution in [0, 0.1) is 0 Å². The highest BCUT2D eigenvalue weighted by Crippen LogP contribution is 2.33. The molecule has 0 radical (unpaired) electrons.